The predicted octanol–water partition coefficient (Wildman–Crippen LogP) is 3.57. The van der Waals surface area contributed by atoms with Crippen molar-refractivity contribution in [3.05, 3.63) is 51.3 Å². The van der Waals surface area contributed by atoms with Gasteiger partial charge in [0.2, 0.25) is 5.91 Å². The minimum atomic E-state index is -0.424. The van der Waals surface area contributed by atoms with Gasteiger partial charge in [0.25, 0.3) is 5.91 Å². The summed E-state index contributed by atoms with van der Waals surface area (Å²) in [6.45, 7) is 7.00. The van der Waals surface area contributed by atoms with Crippen molar-refractivity contribution in [2.75, 3.05) is 10.2 Å². The molecular formula is C19H19N3O4S. The zero-order chi connectivity index (χ0) is 19.7. The van der Waals surface area contributed by atoms with Crippen LogP contribution < -0.4 is 15.8 Å². The third-order valence-corrected chi connectivity index (χ3v) is 5.09. The van der Waals surface area contributed by atoms with E-state index in [0.717, 1.165) is 0 Å². The molecule has 0 spiro atoms. The van der Waals surface area contributed by atoms with E-state index in [1.165, 1.54) is 24.3 Å². The van der Waals surface area contributed by atoms with Crippen molar-refractivity contribution >= 4 is 44.9 Å². The number of nitrogens with one attached hydrogen (secondary N) is 1. The van der Waals surface area contributed by atoms with Crippen LogP contribution >= 0.6 is 11.3 Å². The molecule has 1 N–H and O–H groups in total. The quantitative estimate of drug-likeness (QED) is 0.693. The zero-order valence-electron chi connectivity index (χ0n) is 15.4. The maximum Gasteiger partial charge on any atom is 0.336 e. The zero-order valence-corrected chi connectivity index (χ0v) is 16.2. The Kier molecular flexibility index (Phi) is 5.09. The van der Waals surface area contributed by atoms with Crippen LogP contribution in [0.25, 0.3) is 11.0 Å². The van der Waals surface area contributed by atoms with Crippen LogP contribution in [0.1, 0.15) is 36.1 Å². The lowest BCUT2D eigenvalue weighted by Crippen LogP contribution is -2.34. The molecule has 3 rings (SSSR count). The maximum absolute atomic E-state index is 12.7. The van der Waals surface area contributed by atoms with E-state index in [-0.39, 0.29) is 17.9 Å². The van der Waals surface area contributed by atoms with Crippen LogP contribution in [0, 0.1) is 6.92 Å². The Morgan fingerprint density at radius 1 is 1.22 bits per heavy atom. The molecule has 2 amide bonds. The molecule has 0 radical (unpaired) electrons. The number of hydrogen-bond acceptors (Lipinski definition) is 6. The van der Waals surface area contributed by atoms with Crippen LogP contribution in [0.4, 0.5) is 10.8 Å². The molecule has 8 heteroatoms. The van der Waals surface area contributed by atoms with E-state index in [1.807, 2.05) is 13.8 Å². The largest absolute Gasteiger partial charge is 0.423 e. The predicted molar refractivity (Wildman–Crippen MR) is 106 cm³/mol. The molecule has 2 heterocycles. The van der Waals surface area contributed by atoms with Gasteiger partial charge in [-0.15, -0.1) is 0 Å². The molecule has 2 aromatic heterocycles. The number of carbonyl (C=O) groups is 2. The van der Waals surface area contributed by atoms with E-state index in [1.54, 1.807) is 36.1 Å². The van der Waals surface area contributed by atoms with Gasteiger partial charge >= 0.3 is 5.63 Å². The van der Waals surface area contributed by atoms with Crippen molar-refractivity contribution < 1.29 is 14.0 Å². The number of thiazole rings is 1. The average molecular weight is 385 g/mol. The molecule has 0 atom stereocenters. The van der Waals surface area contributed by atoms with Gasteiger partial charge in [-0.3, -0.25) is 14.5 Å². The molecule has 0 aliphatic carbocycles. The van der Waals surface area contributed by atoms with E-state index in [0.29, 0.717) is 32.4 Å². The number of amides is 2. The highest BCUT2D eigenvalue weighted by Gasteiger charge is 2.23. The highest BCUT2D eigenvalue weighted by atomic mass is 32.1. The second kappa shape index (κ2) is 7.32. The van der Waals surface area contributed by atoms with Gasteiger partial charge in [0.05, 0.1) is 5.69 Å². The van der Waals surface area contributed by atoms with Crippen molar-refractivity contribution in [1.82, 2.24) is 4.98 Å². The first-order valence-corrected chi connectivity index (χ1v) is 9.20. The molecule has 0 aliphatic rings. The van der Waals surface area contributed by atoms with Gasteiger partial charge in [0, 0.05) is 30.1 Å². The van der Waals surface area contributed by atoms with E-state index < -0.39 is 5.63 Å². The van der Waals surface area contributed by atoms with E-state index in [9.17, 15) is 14.4 Å². The smallest absolute Gasteiger partial charge is 0.336 e. The van der Waals surface area contributed by atoms with Gasteiger partial charge in [0.1, 0.15) is 10.5 Å². The Balaban J connectivity index is 1.87. The minimum Gasteiger partial charge on any atom is -0.423 e. The van der Waals surface area contributed by atoms with Gasteiger partial charge < -0.3 is 9.73 Å². The third kappa shape index (κ3) is 3.90. The molecule has 0 bridgehead atoms. The number of aromatic nitrogens is 1. The van der Waals surface area contributed by atoms with Crippen molar-refractivity contribution in [2.45, 2.75) is 33.7 Å². The molecule has 0 saturated carbocycles. The van der Waals surface area contributed by atoms with E-state index >= 15 is 0 Å². The number of carbonyl (C=O) groups excluding carboxylic acids is 2. The summed E-state index contributed by atoms with van der Waals surface area (Å²) >= 11 is 1.18. The summed E-state index contributed by atoms with van der Waals surface area (Å²) in [4.78, 5) is 42.2. The molecule has 0 unspecified atom stereocenters. The van der Waals surface area contributed by atoms with Crippen molar-refractivity contribution in [3.63, 3.8) is 0 Å². The number of aryl methyl sites for hydroxylation is 1. The first-order valence-electron chi connectivity index (χ1n) is 8.38. The number of hydrogen-bond donors (Lipinski definition) is 1. The van der Waals surface area contributed by atoms with Gasteiger partial charge in [-0.2, -0.15) is 0 Å². The van der Waals surface area contributed by atoms with Gasteiger partial charge in [-0.25, -0.2) is 9.78 Å². The third-order valence-electron chi connectivity index (χ3n) is 3.93. The molecule has 0 saturated heterocycles. The van der Waals surface area contributed by atoms with Crippen LogP contribution in [0.5, 0.6) is 0 Å². The monoisotopic (exact) mass is 385 g/mol. The minimum absolute atomic E-state index is 0.0564. The van der Waals surface area contributed by atoms with Crippen LogP contribution in [-0.4, -0.2) is 22.8 Å². The fraction of sp³-hybridized carbons (Fsp3) is 0.263. The summed E-state index contributed by atoms with van der Waals surface area (Å²) in [5.41, 5.74) is 1.16. The number of benzene rings is 1. The fourth-order valence-corrected chi connectivity index (χ4v) is 3.89. The van der Waals surface area contributed by atoms with Gasteiger partial charge in [-0.1, -0.05) is 11.3 Å². The number of rotatable bonds is 4. The maximum atomic E-state index is 12.7. The fourth-order valence-electron chi connectivity index (χ4n) is 2.75. The first-order chi connectivity index (χ1) is 12.8. The summed E-state index contributed by atoms with van der Waals surface area (Å²) in [5.74, 6) is -0.429. The van der Waals surface area contributed by atoms with Crippen LogP contribution in [0.2, 0.25) is 0 Å². The SMILES string of the molecule is CC(=O)N(c1nc(C)c(C(=O)Nc2ccc3oc(=O)ccc3c2)s1)C(C)C. The lowest BCUT2D eigenvalue weighted by molar-refractivity contribution is -0.116. The molecule has 1 aromatic carbocycles. The Hall–Kier alpha value is -3.00. The first kappa shape index (κ1) is 18.8. The lowest BCUT2D eigenvalue weighted by atomic mass is 10.2. The Morgan fingerprint density at radius 3 is 2.63 bits per heavy atom. The Morgan fingerprint density at radius 2 is 1.96 bits per heavy atom. The second-order valence-electron chi connectivity index (χ2n) is 6.35. The Bertz CT molecular complexity index is 1080. The molecule has 0 aliphatic heterocycles. The second-order valence-corrected chi connectivity index (χ2v) is 7.33. The summed E-state index contributed by atoms with van der Waals surface area (Å²) in [5, 5.41) is 4.03. The van der Waals surface area contributed by atoms with Crippen molar-refractivity contribution in [1.29, 1.82) is 0 Å². The van der Waals surface area contributed by atoms with E-state index in [2.05, 4.69) is 10.3 Å². The van der Waals surface area contributed by atoms with Gasteiger partial charge in [0.15, 0.2) is 5.13 Å². The number of nitrogens with zero attached hydrogens (tertiary/aromatic N) is 2. The number of anilines is 2. The Labute approximate surface area is 159 Å². The van der Waals surface area contributed by atoms with E-state index in [4.69, 9.17) is 4.42 Å². The number of fused-ring (bicyclic) bond motifs is 1. The summed E-state index contributed by atoms with van der Waals surface area (Å²) in [6.07, 6.45) is 0. The highest BCUT2D eigenvalue weighted by molar-refractivity contribution is 7.17. The normalized spacial score (nSPS) is 11.0. The van der Waals surface area contributed by atoms with Crippen LogP contribution in [0.15, 0.2) is 39.5 Å². The van der Waals surface area contributed by atoms with Gasteiger partial charge in [-0.05, 0) is 45.0 Å². The molecule has 140 valence electrons. The lowest BCUT2D eigenvalue weighted by Gasteiger charge is -2.21. The summed E-state index contributed by atoms with van der Waals surface area (Å²) in [6, 6.07) is 7.93. The molecule has 0 fully saturated rings. The topological polar surface area (TPSA) is 92.5 Å². The molecule has 3 aromatic rings. The summed E-state index contributed by atoms with van der Waals surface area (Å²) < 4.78 is 5.09. The van der Waals surface area contributed by atoms with Crippen LogP contribution in [0.3, 0.4) is 0 Å². The molecule has 27 heavy (non-hydrogen) atoms. The standard InChI is InChI=1S/C19H19N3O4S/c1-10(2)22(12(4)23)19-20-11(3)17(27-19)18(25)21-14-6-7-15-13(9-14)5-8-16(24)26-15/h5-10H,1-4H3,(H,21,25). The molecule has 7 nitrogen and oxygen atoms in total. The summed E-state index contributed by atoms with van der Waals surface area (Å²) in [7, 11) is 0. The molecular weight excluding hydrogens is 366 g/mol. The van der Waals surface area contributed by atoms with Crippen molar-refractivity contribution in [3.8, 4) is 0 Å². The average Bonchev–Trinajstić information content (AvgIpc) is 2.95. The van der Waals surface area contributed by atoms with Crippen LogP contribution in [-0.2, 0) is 4.79 Å². The highest BCUT2D eigenvalue weighted by Crippen LogP contribution is 2.28. The van der Waals surface area contributed by atoms with Crippen molar-refractivity contribution in [2.24, 2.45) is 0 Å².